The number of esters is 3. The van der Waals surface area contributed by atoms with Gasteiger partial charge in [-0.2, -0.15) is 0 Å². The molecular weight excluding hydrogens is 877 g/mol. The Morgan fingerprint density at radius 1 is 0.268 bits per heavy atom. The van der Waals surface area contributed by atoms with Gasteiger partial charge in [0.05, 0.1) is 0 Å². The summed E-state index contributed by atoms with van der Waals surface area (Å²) in [5, 5.41) is 0. The molecule has 0 saturated heterocycles. The van der Waals surface area contributed by atoms with Crippen LogP contribution in [0.25, 0.3) is 0 Å². The van der Waals surface area contributed by atoms with Crippen LogP contribution in [0.15, 0.2) is 36.5 Å². The molecule has 0 rings (SSSR count). The quantitative estimate of drug-likeness (QED) is 0.0261. The van der Waals surface area contributed by atoms with Crippen molar-refractivity contribution in [1.29, 1.82) is 0 Å². The summed E-state index contributed by atoms with van der Waals surface area (Å²) in [5.74, 6) is -0.867. The van der Waals surface area contributed by atoms with Crippen LogP contribution in [0.2, 0.25) is 0 Å². The Morgan fingerprint density at radius 2 is 0.465 bits per heavy atom. The summed E-state index contributed by atoms with van der Waals surface area (Å²) >= 11 is 0. The van der Waals surface area contributed by atoms with Gasteiger partial charge >= 0.3 is 17.9 Å². The molecule has 6 nitrogen and oxygen atoms in total. The molecule has 0 aromatic heterocycles. The molecule has 416 valence electrons. The van der Waals surface area contributed by atoms with Crippen molar-refractivity contribution >= 4 is 17.9 Å². The van der Waals surface area contributed by atoms with Crippen LogP contribution in [0, 0.1) is 0 Å². The monoisotopic (exact) mass is 997 g/mol. The maximum atomic E-state index is 12.9. The van der Waals surface area contributed by atoms with E-state index in [1.165, 1.54) is 244 Å². The van der Waals surface area contributed by atoms with Crippen LogP contribution >= 0.6 is 0 Å². The van der Waals surface area contributed by atoms with Gasteiger partial charge in [0.15, 0.2) is 6.10 Å². The molecule has 0 radical (unpaired) electrons. The Kier molecular flexibility index (Phi) is 58.2. The number of rotatable bonds is 58. The molecular formula is C65H120O6. The van der Waals surface area contributed by atoms with Gasteiger partial charge in [0.1, 0.15) is 13.2 Å². The average Bonchev–Trinajstić information content (AvgIpc) is 3.37. The SMILES string of the molecule is CCCCCCCC/C=C\CCCCCCCCCC(=O)OCC(COC(=O)CCCCCCCCC/C=C\CCCCCCCCC)OC(=O)CCCCCCCCC/C=C\CCCCCCCCC. The molecule has 1 atom stereocenters. The van der Waals surface area contributed by atoms with Gasteiger partial charge < -0.3 is 14.2 Å². The summed E-state index contributed by atoms with van der Waals surface area (Å²) < 4.78 is 16.9. The highest BCUT2D eigenvalue weighted by Crippen LogP contribution is 2.16. The smallest absolute Gasteiger partial charge is 0.306 e. The van der Waals surface area contributed by atoms with Gasteiger partial charge in [-0.3, -0.25) is 14.4 Å². The number of allylic oxidation sites excluding steroid dienone is 6. The fraction of sp³-hybridized carbons (Fsp3) is 0.862. The number of carbonyl (C=O) groups excluding carboxylic acids is 3. The minimum absolute atomic E-state index is 0.0748. The zero-order chi connectivity index (χ0) is 51.4. The summed E-state index contributed by atoms with van der Waals surface area (Å²) in [6, 6.07) is 0. The van der Waals surface area contributed by atoms with E-state index in [1.807, 2.05) is 0 Å². The lowest BCUT2D eigenvalue weighted by Gasteiger charge is -2.18. The van der Waals surface area contributed by atoms with Gasteiger partial charge in [0.25, 0.3) is 0 Å². The van der Waals surface area contributed by atoms with Crippen LogP contribution in [-0.4, -0.2) is 37.2 Å². The van der Waals surface area contributed by atoms with Crippen molar-refractivity contribution in [3.05, 3.63) is 36.5 Å². The predicted molar refractivity (Wildman–Crippen MR) is 307 cm³/mol. The fourth-order valence-corrected chi connectivity index (χ4v) is 9.31. The predicted octanol–water partition coefficient (Wildman–Crippen LogP) is 21.2. The van der Waals surface area contributed by atoms with Gasteiger partial charge in [-0.05, 0) is 96.3 Å². The average molecular weight is 998 g/mol. The number of carbonyl (C=O) groups is 3. The van der Waals surface area contributed by atoms with E-state index in [1.54, 1.807) is 0 Å². The first-order chi connectivity index (χ1) is 35.0. The Labute approximate surface area is 442 Å². The molecule has 0 fully saturated rings. The van der Waals surface area contributed by atoms with Crippen LogP contribution in [0.5, 0.6) is 0 Å². The van der Waals surface area contributed by atoms with E-state index in [2.05, 4.69) is 57.2 Å². The third kappa shape index (κ3) is 58.4. The molecule has 0 aliphatic carbocycles. The fourth-order valence-electron chi connectivity index (χ4n) is 9.31. The van der Waals surface area contributed by atoms with Gasteiger partial charge in [0, 0.05) is 19.3 Å². The summed E-state index contributed by atoms with van der Waals surface area (Å²) in [6.07, 6.45) is 72.8. The first-order valence-electron chi connectivity index (χ1n) is 31.5. The molecule has 0 saturated carbocycles. The van der Waals surface area contributed by atoms with Crippen molar-refractivity contribution in [2.45, 2.75) is 348 Å². The summed E-state index contributed by atoms with van der Waals surface area (Å²) in [6.45, 7) is 6.67. The summed E-state index contributed by atoms with van der Waals surface area (Å²) in [5.41, 5.74) is 0. The number of ether oxygens (including phenoxy) is 3. The molecule has 0 bridgehead atoms. The Hall–Kier alpha value is -2.37. The molecule has 6 heteroatoms. The molecule has 0 N–H and O–H groups in total. The molecule has 0 aromatic carbocycles. The highest BCUT2D eigenvalue weighted by atomic mass is 16.6. The molecule has 71 heavy (non-hydrogen) atoms. The Morgan fingerprint density at radius 3 is 0.704 bits per heavy atom. The van der Waals surface area contributed by atoms with Crippen LogP contribution in [0.4, 0.5) is 0 Å². The van der Waals surface area contributed by atoms with Gasteiger partial charge in [-0.25, -0.2) is 0 Å². The maximum absolute atomic E-state index is 12.9. The van der Waals surface area contributed by atoms with Crippen molar-refractivity contribution in [3.63, 3.8) is 0 Å². The summed E-state index contributed by atoms with van der Waals surface area (Å²) in [7, 11) is 0. The lowest BCUT2D eigenvalue weighted by molar-refractivity contribution is -0.167. The first-order valence-corrected chi connectivity index (χ1v) is 31.5. The molecule has 0 spiro atoms. The Bertz CT molecular complexity index is 1190. The van der Waals surface area contributed by atoms with E-state index in [9.17, 15) is 14.4 Å². The van der Waals surface area contributed by atoms with Crippen LogP contribution < -0.4 is 0 Å². The van der Waals surface area contributed by atoms with E-state index in [0.29, 0.717) is 19.3 Å². The number of hydrogen-bond acceptors (Lipinski definition) is 6. The second-order valence-corrected chi connectivity index (χ2v) is 21.3. The van der Waals surface area contributed by atoms with E-state index >= 15 is 0 Å². The standard InChI is InChI=1S/C65H120O6/c1-4-7-10-13-16-19-22-25-28-31-34-37-40-43-46-49-52-55-58-64(67)70-61-62(60-69-63(66)57-54-51-48-45-42-39-36-33-30-27-24-21-18-15-12-9-6-3)71-65(68)59-56-53-50-47-44-41-38-35-32-29-26-23-20-17-14-11-8-5-2/h27-32,62H,4-26,33-61H2,1-3H3/b30-27-,31-28-,32-29-. The first kappa shape index (κ1) is 68.6. The molecule has 1 unspecified atom stereocenters. The topological polar surface area (TPSA) is 78.9 Å². The van der Waals surface area contributed by atoms with Gasteiger partial charge in [0.2, 0.25) is 0 Å². The minimum atomic E-state index is -0.777. The molecule has 0 aromatic rings. The largest absolute Gasteiger partial charge is 0.462 e. The van der Waals surface area contributed by atoms with E-state index in [0.717, 1.165) is 57.8 Å². The normalized spacial score (nSPS) is 12.2. The van der Waals surface area contributed by atoms with Crippen molar-refractivity contribution in [2.24, 2.45) is 0 Å². The van der Waals surface area contributed by atoms with Crippen LogP contribution in [0.1, 0.15) is 342 Å². The molecule has 0 amide bonds. The third-order valence-electron chi connectivity index (χ3n) is 14.1. The van der Waals surface area contributed by atoms with Crippen LogP contribution in [-0.2, 0) is 28.6 Å². The highest BCUT2D eigenvalue weighted by Gasteiger charge is 2.19. The third-order valence-corrected chi connectivity index (χ3v) is 14.1. The zero-order valence-corrected chi connectivity index (χ0v) is 47.8. The lowest BCUT2D eigenvalue weighted by atomic mass is 10.1. The van der Waals surface area contributed by atoms with Gasteiger partial charge in [-0.1, -0.05) is 263 Å². The van der Waals surface area contributed by atoms with Crippen molar-refractivity contribution in [1.82, 2.24) is 0 Å². The van der Waals surface area contributed by atoms with E-state index in [4.69, 9.17) is 14.2 Å². The van der Waals surface area contributed by atoms with Crippen molar-refractivity contribution in [3.8, 4) is 0 Å². The molecule has 0 aliphatic rings. The maximum Gasteiger partial charge on any atom is 0.306 e. The molecule has 0 heterocycles. The Balaban J connectivity index is 4.36. The number of hydrogen-bond donors (Lipinski definition) is 0. The lowest BCUT2D eigenvalue weighted by Crippen LogP contribution is -2.30. The second-order valence-electron chi connectivity index (χ2n) is 21.3. The summed E-state index contributed by atoms with van der Waals surface area (Å²) in [4.78, 5) is 38.3. The number of unbranched alkanes of at least 4 members (excludes halogenated alkanes) is 41. The second kappa shape index (κ2) is 60.2. The van der Waals surface area contributed by atoms with E-state index in [-0.39, 0.29) is 31.1 Å². The van der Waals surface area contributed by atoms with E-state index < -0.39 is 6.10 Å². The van der Waals surface area contributed by atoms with Crippen molar-refractivity contribution < 1.29 is 28.6 Å². The zero-order valence-electron chi connectivity index (χ0n) is 47.8. The van der Waals surface area contributed by atoms with Crippen LogP contribution in [0.3, 0.4) is 0 Å². The van der Waals surface area contributed by atoms with Crippen molar-refractivity contribution in [2.75, 3.05) is 13.2 Å². The van der Waals surface area contributed by atoms with Gasteiger partial charge in [-0.15, -0.1) is 0 Å². The molecule has 0 aliphatic heterocycles. The highest BCUT2D eigenvalue weighted by molar-refractivity contribution is 5.71. The minimum Gasteiger partial charge on any atom is -0.462 e.